The smallest absolute Gasteiger partial charge is 0.431 e. The molecule has 3 fully saturated rings. The van der Waals surface area contributed by atoms with Crippen LogP contribution >= 0.6 is 0 Å². The Bertz CT molecular complexity index is 867. The fourth-order valence-electron chi connectivity index (χ4n) is 9.68. The van der Waals surface area contributed by atoms with Crippen molar-refractivity contribution in [1.82, 2.24) is 0 Å². The van der Waals surface area contributed by atoms with Crippen molar-refractivity contribution >= 4 is 6.16 Å². The third-order valence-corrected chi connectivity index (χ3v) is 12.1. The number of ether oxygens (including phenoxy) is 2. The zero-order chi connectivity index (χ0) is 28.4. The van der Waals surface area contributed by atoms with Crippen LogP contribution in [0.5, 0.6) is 0 Å². The number of nitrogens with zero attached hydrogens (tertiary/aromatic N) is 1. The van der Waals surface area contributed by atoms with Crippen molar-refractivity contribution in [2.24, 2.45) is 46.3 Å². The van der Waals surface area contributed by atoms with E-state index in [-0.39, 0.29) is 18.1 Å². The van der Waals surface area contributed by atoms with Crippen LogP contribution in [0.15, 0.2) is 11.6 Å². The van der Waals surface area contributed by atoms with E-state index in [4.69, 9.17) is 9.47 Å². The van der Waals surface area contributed by atoms with Crippen molar-refractivity contribution in [2.75, 3.05) is 40.4 Å². The van der Waals surface area contributed by atoms with E-state index in [1.54, 1.807) is 5.57 Å². The van der Waals surface area contributed by atoms with E-state index in [0.29, 0.717) is 29.6 Å². The maximum atomic E-state index is 12.4. The molecule has 0 aliphatic heterocycles. The van der Waals surface area contributed by atoms with Crippen LogP contribution in [0, 0.1) is 46.3 Å². The van der Waals surface area contributed by atoms with E-state index in [1.807, 2.05) is 14.1 Å². The Morgan fingerprint density at radius 3 is 2.54 bits per heavy atom. The molecule has 8 atom stereocenters. The lowest BCUT2D eigenvalue weighted by Crippen LogP contribution is -2.51. The van der Waals surface area contributed by atoms with Gasteiger partial charge in [0.15, 0.2) is 0 Å². The molecule has 0 radical (unpaired) electrons. The van der Waals surface area contributed by atoms with Gasteiger partial charge in [-0.2, -0.15) is 0 Å². The largest absolute Gasteiger partial charge is 0.508 e. The number of quaternary nitrogens is 1. The number of allylic oxidation sites excluding steroid dienone is 1. The molecule has 39 heavy (non-hydrogen) atoms. The van der Waals surface area contributed by atoms with Gasteiger partial charge in [0.25, 0.3) is 0 Å². The predicted molar refractivity (Wildman–Crippen MR) is 158 cm³/mol. The Morgan fingerprint density at radius 1 is 1.05 bits per heavy atom. The minimum atomic E-state index is -0.533. The quantitative estimate of drug-likeness (QED) is 0.165. The molecule has 4 rings (SSSR count). The summed E-state index contributed by atoms with van der Waals surface area (Å²) in [5.41, 5.74) is 2.34. The lowest BCUT2D eigenvalue weighted by molar-refractivity contribution is -0.890. The number of hydrogen-bond donors (Lipinski definition) is 1. The van der Waals surface area contributed by atoms with Crippen LogP contribution in [0.2, 0.25) is 0 Å². The molecule has 3 saturated carbocycles. The average molecular weight is 547 g/mol. The van der Waals surface area contributed by atoms with E-state index < -0.39 is 6.16 Å². The number of fused-ring (bicyclic) bond motifs is 5. The first-order valence-electron chi connectivity index (χ1n) is 16.4. The van der Waals surface area contributed by atoms with Gasteiger partial charge in [0.2, 0.25) is 0 Å². The van der Waals surface area contributed by atoms with Crippen LogP contribution in [-0.4, -0.2) is 62.2 Å². The molecule has 5 nitrogen and oxygen atoms in total. The Labute approximate surface area is 239 Å². The van der Waals surface area contributed by atoms with Crippen molar-refractivity contribution in [3.05, 3.63) is 11.6 Å². The number of rotatable bonds is 11. The van der Waals surface area contributed by atoms with E-state index in [1.165, 1.54) is 51.4 Å². The summed E-state index contributed by atoms with van der Waals surface area (Å²) in [5, 5.41) is 9.20. The maximum Gasteiger partial charge on any atom is 0.508 e. The van der Waals surface area contributed by atoms with Gasteiger partial charge < -0.3 is 19.1 Å². The van der Waals surface area contributed by atoms with Gasteiger partial charge in [0.1, 0.15) is 25.8 Å². The highest BCUT2D eigenvalue weighted by molar-refractivity contribution is 5.60. The summed E-state index contributed by atoms with van der Waals surface area (Å²) in [6.45, 7) is 14.3. The van der Waals surface area contributed by atoms with E-state index in [2.05, 4.69) is 40.7 Å². The topological polar surface area (TPSA) is 55.8 Å². The Hall–Kier alpha value is -1.07. The molecular formula is C34H60NO4+. The summed E-state index contributed by atoms with van der Waals surface area (Å²) >= 11 is 0. The average Bonchev–Trinajstić information content (AvgIpc) is 3.21. The third-order valence-electron chi connectivity index (χ3n) is 12.1. The number of aliphatic hydroxyl groups is 1. The van der Waals surface area contributed by atoms with Crippen LogP contribution < -0.4 is 0 Å². The van der Waals surface area contributed by atoms with Gasteiger partial charge in [-0.3, -0.25) is 0 Å². The molecule has 0 amide bonds. The van der Waals surface area contributed by atoms with E-state index in [0.717, 1.165) is 54.8 Å². The summed E-state index contributed by atoms with van der Waals surface area (Å²) in [6.07, 6.45) is 15.9. The Balaban J connectivity index is 1.33. The van der Waals surface area contributed by atoms with Crippen molar-refractivity contribution in [3.63, 3.8) is 0 Å². The van der Waals surface area contributed by atoms with Gasteiger partial charge >= 0.3 is 6.16 Å². The van der Waals surface area contributed by atoms with Crippen LogP contribution in [0.25, 0.3) is 0 Å². The van der Waals surface area contributed by atoms with E-state index >= 15 is 0 Å². The molecule has 4 unspecified atom stereocenters. The van der Waals surface area contributed by atoms with Gasteiger partial charge in [0.05, 0.1) is 20.7 Å². The summed E-state index contributed by atoms with van der Waals surface area (Å²) in [4.78, 5) is 12.4. The first-order valence-corrected chi connectivity index (χ1v) is 16.4. The normalized spacial score (nSPS) is 36.9. The predicted octanol–water partition coefficient (Wildman–Crippen LogP) is 7.62. The number of carbonyl (C=O) groups excluding carboxylic acids is 1. The van der Waals surface area contributed by atoms with Crippen molar-refractivity contribution in [3.8, 4) is 0 Å². The third kappa shape index (κ3) is 6.71. The second-order valence-electron chi connectivity index (χ2n) is 15.5. The van der Waals surface area contributed by atoms with Gasteiger partial charge in [-0.25, -0.2) is 4.79 Å². The minimum Gasteiger partial charge on any atom is -0.431 e. The van der Waals surface area contributed by atoms with Gasteiger partial charge in [-0.15, -0.1) is 0 Å². The number of hydrogen-bond acceptors (Lipinski definition) is 4. The summed E-state index contributed by atoms with van der Waals surface area (Å²) in [6, 6.07) is 0. The molecule has 1 N–H and O–H groups in total. The second-order valence-corrected chi connectivity index (χ2v) is 15.5. The second kappa shape index (κ2) is 12.4. The molecule has 0 bridgehead atoms. The highest BCUT2D eigenvalue weighted by atomic mass is 16.7. The lowest BCUT2D eigenvalue weighted by Gasteiger charge is -2.58. The molecule has 0 saturated heterocycles. The van der Waals surface area contributed by atoms with Gasteiger partial charge in [-0.1, -0.05) is 65.5 Å². The molecule has 5 heteroatoms. The molecule has 4 aliphatic carbocycles. The zero-order valence-electron chi connectivity index (χ0n) is 26.3. The van der Waals surface area contributed by atoms with Crippen molar-refractivity contribution in [2.45, 2.75) is 111 Å². The first-order chi connectivity index (χ1) is 18.4. The first kappa shape index (κ1) is 30.9. The van der Waals surface area contributed by atoms with Crippen LogP contribution in [0.1, 0.15) is 105 Å². The van der Waals surface area contributed by atoms with Crippen LogP contribution in [-0.2, 0) is 9.47 Å². The molecule has 0 aromatic rings. The highest BCUT2D eigenvalue weighted by Crippen LogP contribution is 2.67. The molecule has 0 heterocycles. The van der Waals surface area contributed by atoms with Gasteiger partial charge in [-0.05, 0) is 91.3 Å². The lowest BCUT2D eigenvalue weighted by atomic mass is 9.47. The maximum absolute atomic E-state index is 12.4. The molecular weight excluding hydrogens is 486 g/mol. The zero-order valence-corrected chi connectivity index (χ0v) is 26.3. The SMILES string of the molecule is CC(C)CCCC(C)[C@H]1CC[C@H]2C3CC=C4C[C@@H](OC(=O)OCC[N+](C)(C)CCO)CCC4(C)[C@H]3CCC12C. The van der Waals surface area contributed by atoms with Gasteiger partial charge in [0, 0.05) is 6.42 Å². The van der Waals surface area contributed by atoms with E-state index in [9.17, 15) is 9.90 Å². The van der Waals surface area contributed by atoms with Crippen LogP contribution in [0.4, 0.5) is 4.79 Å². The highest BCUT2D eigenvalue weighted by Gasteiger charge is 2.59. The fraction of sp³-hybridized carbons (Fsp3) is 0.912. The Morgan fingerprint density at radius 2 is 1.82 bits per heavy atom. The van der Waals surface area contributed by atoms with Crippen molar-refractivity contribution in [1.29, 1.82) is 0 Å². The Kier molecular flexibility index (Phi) is 9.84. The number of aliphatic hydroxyl groups excluding tert-OH is 1. The number of likely N-dealkylation sites (N-methyl/N-ethyl adjacent to an activating group) is 1. The monoisotopic (exact) mass is 546 g/mol. The standard InChI is InChI=1S/C34H60NO4/c1-24(2)9-8-10-25(3)29-13-14-30-28-12-11-26-23-27(39-32(37)38-22-20-35(6,7)19-21-36)15-17-33(26,4)31(28)16-18-34(29,30)5/h11,24-25,27-31,36H,8-10,12-23H2,1-7H3/q+1/t25?,27-,28?,29+,30-,31-,33?,34?/m0/s1. The molecule has 224 valence electrons. The summed E-state index contributed by atoms with van der Waals surface area (Å²) in [5.74, 6) is 5.06. The summed E-state index contributed by atoms with van der Waals surface area (Å²) in [7, 11) is 4.06. The molecule has 0 aromatic carbocycles. The minimum absolute atomic E-state index is 0.0651. The summed E-state index contributed by atoms with van der Waals surface area (Å²) < 4.78 is 11.9. The molecule has 0 spiro atoms. The fourth-order valence-corrected chi connectivity index (χ4v) is 9.68. The van der Waals surface area contributed by atoms with Crippen LogP contribution in [0.3, 0.4) is 0 Å². The molecule has 0 aromatic heterocycles. The van der Waals surface area contributed by atoms with Crippen molar-refractivity contribution < 1.29 is 23.9 Å². The number of carbonyl (C=O) groups is 1. The molecule has 4 aliphatic rings.